The number of halogens is 1. The van der Waals surface area contributed by atoms with Gasteiger partial charge in [0, 0.05) is 11.1 Å². The minimum atomic E-state index is -0.279. The first-order valence-electron chi connectivity index (χ1n) is 5.17. The van der Waals surface area contributed by atoms with E-state index in [9.17, 15) is 4.79 Å². The summed E-state index contributed by atoms with van der Waals surface area (Å²) in [6.45, 7) is -0.00698. The first kappa shape index (κ1) is 12.1. The lowest BCUT2D eigenvalue weighted by molar-refractivity contribution is 0.0958. The lowest BCUT2D eigenvalue weighted by atomic mass is 10.1. The molecule has 0 aliphatic carbocycles. The van der Waals surface area contributed by atoms with Gasteiger partial charge >= 0.3 is 0 Å². The molecule has 0 aliphatic heterocycles. The van der Waals surface area contributed by atoms with Crippen LogP contribution in [0.15, 0.2) is 30.5 Å². The molecule has 1 amide bonds. The van der Waals surface area contributed by atoms with Crippen LogP contribution in [0.5, 0.6) is 0 Å². The average molecular weight is 261 g/mol. The van der Waals surface area contributed by atoms with Crippen LogP contribution in [0, 0.1) is 11.3 Å². The monoisotopic (exact) mass is 260 g/mol. The summed E-state index contributed by atoms with van der Waals surface area (Å²) in [7, 11) is 0. The van der Waals surface area contributed by atoms with Crippen LogP contribution >= 0.6 is 11.6 Å². The summed E-state index contributed by atoms with van der Waals surface area (Å²) in [5.74, 6) is -0.279. The molecule has 5 nitrogen and oxygen atoms in total. The normalized spacial score (nSPS) is 9.78. The molecule has 6 heteroatoms. The number of hydrogen-bond acceptors (Lipinski definition) is 3. The van der Waals surface area contributed by atoms with Gasteiger partial charge in [0.05, 0.1) is 23.0 Å². The summed E-state index contributed by atoms with van der Waals surface area (Å²) in [5.41, 5.74) is 2.04. The molecule has 0 aliphatic rings. The summed E-state index contributed by atoms with van der Waals surface area (Å²) in [6, 6.07) is 8.71. The minimum absolute atomic E-state index is 0.00698. The lowest BCUT2D eigenvalue weighted by Crippen LogP contribution is -2.23. The molecular weight excluding hydrogens is 252 g/mol. The third-order valence-electron chi connectivity index (χ3n) is 2.36. The Kier molecular flexibility index (Phi) is 3.60. The Bertz CT molecular complexity index is 597. The summed E-state index contributed by atoms with van der Waals surface area (Å²) in [5, 5.41) is 18.0. The number of nitrogens with zero attached hydrogens (tertiary/aromatic N) is 2. The Hall–Kier alpha value is -2.32. The van der Waals surface area contributed by atoms with E-state index in [4.69, 9.17) is 16.9 Å². The van der Waals surface area contributed by atoms with Crippen molar-refractivity contribution in [3.05, 3.63) is 41.0 Å². The van der Waals surface area contributed by atoms with Crippen LogP contribution in [0.2, 0.25) is 5.02 Å². The van der Waals surface area contributed by atoms with Crippen molar-refractivity contribution in [1.29, 1.82) is 5.26 Å². The van der Waals surface area contributed by atoms with E-state index in [0.29, 0.717) is 16.3 Å². The molecule has 1 heterocycles. The van der Waals surface area contributed by atoms with Gasteiger partial charge in [0.1, 0.15) is 6.54 Å². The van der Waals surface area contributed by atoms with Crippen molar-refractivity contribution in [3.8, 4) is 17.3 Å². The van der Waals surface area contributed by atoms with Gasteiger partial charge in [0.15, 0.2) is 0 Å². The summed E-state index contributed by atoms with van der Waals surface area (Å²) < 4.78 is 0. The quantitative estimate of drug-likeness (QED) is 0.828. The second-order valence-electron chi connectivity index (χ2n) is 3.51. The Morgan fingerprint density at radius 2 is 2.17 bits per heavy atom. The second kappa shape index (κ2) is 5.34. The van der Waals surface area contributed by atoms with Gasteiger partial charge in [-0.2, -0.15) is 10.4 Å². The number of amides is 1. The molecule has 0 spiro atoms. The van der Waals surface area contributed by atoms with Crippen LogP contribution in [-0.4, -0.2) is 22.6 Å². The van der Waals surface area contributed by atoms with Crippen molar-refractivity contribution in [2.75, 3.05) is 6.54 Å². The highest BCUT2D eigenvalue weighted by Gasteiger charge is 2.08. The van der Waals surface area contributed by atoms with Crippen molar-refractivity contribution >= 4 is 17.5 Å². The molecule has 0 saturated heterocycles. The molecule has 2 aromatic rings. The number of aromatic nitrogens is 2. The topological polar surface area (TPSA) is 81.6 Å². The molecule has 0 atom stereocenters. The zero-order valence-electron chi connectivity index (χ0n) is 9.27. The van der Waals surface area contributed by atoms with Crippen LogP contribution < -0.4 is 5.32 Å². The Morgan fingerprint density at radius 3 is 2.72 bits per heavy atom. The van der Waals surface area contributed by atoms with E-state index in [1.54, 1.807) is 24.3 Å². The van der Waals surface area contributed by atoms with E-state index < -0.39 is 0 Å². The standard InChI is InChI=1S/C12H9ClN4O/c13-10-7-16-17-11(10)8-1-3-9(4-2-8)12(18)15-6-5-14/h1-4,7H,6H2,(H,15,18)(H,16,17). The number of nitrogens with one attached hydrogen (secondary N) is 2. The van der Waals surface area contributed by atoms with Gasteiger partial charge in [-0.25, -0.2) is 0 Å². The number of rotatable bonds is 3. The number of carbonyl (C=O) groups excluding carboxylic acids is 1. The number of H-pyrrole nitrogens is 1. The Morgan fingerprint density at radius 1 is 1.44 bits per heavy atom. The average Bonchev–Trinajstić information content (AvgIpc) is 2.82. The van der Waals surface area contributed by atoms with Crippen molar-refractivity contribution in [1.82, 2.24) is 15.5 Å². The number of benzene rings is 1. The fourth-order valence-electron chi connectivity index (χ4n) is 1.48. The number of hydrogen-bond donors (Lipinski definition) is 2. The SMILES string of the molecule is N#CCNC(=O)c1ccc(-c2[nH]ncc2Cl)cc1. The molecule has 90 valence electrons. The van der Waals surface area contributed by atoms with Gasteiger partial charge < -0.3 is 5.32 Å². The van der Waals surface area contributed by atoms with Crippen LogP contribution in [0.25, 0.3) is 11.3 Å². The highest BCUT2D eigenvalue weighted by molar-refractivity contribution is 6.32. The predicted octanol–water partition coefficient (Wildman–Crippen LogP) is 1.98. The molecular formula is C12H9ClN4O. The van der Waals surface area contributed by atoms with Gasteiger partial charge in [-0.1, -0.05) is 23.7 Å². The van der Waals surface area contributed by atoms with Gasteiger partial charge in [-0.05, 0) is 12.1 Å². The van der Waals surface area contributed by atoms with Crippen molar-refractivity contribution < 1.29 is 4.79 Å². The molecule has 1 aromatic heterocycles. The first-order chi connectivity index (χ1) is 8.72. The van der Waals surface area contributed by atoms with E-state index >= 15 is 0 Å². The first-order valence-corrected chi connectivity index (χ1v) is 5.54. The molecule has 2 rings (SSSR count). The molecule has 0 saturated carbocycles. The molecule has 0 unspecified atom stereocenters. The van der Waals surface area contributed by atoms with E-state index in [1.165, 1.54) is 6.20 Å². The van der Waals surface area contributed by atoms with Gasteiger partial charge in [0.25, 0.3) is 5.91 Å². The highest BCUT2D eigenvalue weighted by Crippen LogP contribution is 2.24. The maximum absolute atomic E-state index is 11.6. The van der Waals surface area contributed by atoms with Crippen LogP contribution in [0.4, 0.5) is 0 Å². The van der Waals surface area contributed by atoms with Crippen LogP contribution in [0.3, 0.4) is 0 Å². The highest BCUT2D eigenvalue weighted by atomic mass is 35.5. The molecule has 1 aromatic carbocycles. The zero-order valence-corrected chi connectivity index (χ0v) is 10.0. The second-order valence-corrected chi connectivity index (χ2v) is 3.92. The fourth-order valence-corrected chi connectivity index (χ4v) is 1.68. The maximum atomic E-state index is 11.6. The largest absolute Gasteiger partial charge is 0.339 e. The van der Waals surface area contributed by atoms with E-state index in [2.05, 4.69) is 15.5 Å². The van der Waals surface area contributed by atoms with Crippen LogP contribution in [-0.2, 0) is 0 Å². The smallest absolute Gasteiger partial charge is 0.252 e. The molecule has 0 fully saturated rings. The van der Waals surface area contributed by atoms with E-state index in [-0.39, 0.29) is 12.5 Å². The zero-order chi connectivity index (χ0) is 13.0. The number of carbonyl (C=O) groups is 1. The number of nitriles is 1. The number of aromatic amines is 1. The summed E-state index contributed by atoms with van der Waals surface area (Å²) >= 11 is 5.94. The maximum Gasteiger partial charge on any atom is 0.252 e. The van der Waals surface area contributed by atoms with Gasteiger partial charge in [-0.3, -0.25) is 9.89 Å². The third kappa shape index (κ3) is 2.50. The van der Waals surface area contributed by atoms with Crippen molar-refractivity contribution in [2.24, 2.45) is 0 Å². The molecule has 0 bridgehead atoms. The third-order valence-corrected chi connectivity index (χ3v) is 2.64. The minimum Gasteiger partial charge on any atom is -0.339 e. The molecule has 2 N–H and O–H groups in total. The Balaban J connectivity index is 2.18. The van der Waals surface area contributed by atoms with Gasteiger partial charge in [0.2, 0.25) is 0 Å². The van der Waals surface area contributed by atoms with Crippen molar-refractivity contribution in [3.63, 3.8) is 0 Å². The molecule has 0 radical (unpaired) electrons. The van der Waals surface area contributed by atoms with E-state index in [0.717, 1.165) is 5.56 Å². The van der Waals surface area contributed by atoms with E-state index in [1.807, 2.05) is 6.07 Å². The van der Waals surface area contributed by atoms with Crippen LogP contribution in [0.1, 0.15) is 10.4 Å². The summed E-state index contributed by atoms with van der Waals surface area (Å²) in [6.07, 6.45) is 1.52. The van der Waals surface area contributed by atoms with Gasteiger partial charge in [-0.15, -0.1) is 0 Å². The summed E-state index contributed by atoms with van der Waals surface area (Å²) in [4.78, 5) is 11.6. The fraction of sp³-hybridized carbons (Fsp3) is 0.0833. The Labute approximate surface area is 108 Å². The molecule has 18 heavy (non-hydrogen) atoms. The lowest BCUT2D eigenvalue weighted by Gasteiger charge is -2.03. The van der Waals surface area contributed by atoms with Crippen molar-refractivity contribution in [2.45, 2.75) is 0 Å². The predicted molar refractivity (Wildman–Crippen MR) is 67.0 cm³/mol.